The van der Waals surface area contributed by atoms with E-state index in [-0.39, 0.29) is 25.0 Å². The van der Waals surface area contributed by atoms with Crippen molar-refractivity contribution in [1.29, 1.82) is 0 Å². The molecule has 0 fully saturated rings. The summed E-state index contributed by atoms with van der Waals surface area (Å²) >= 11 is 0. The van der Waals surface area contributed by atoms with Gasteiger partial charge in [0.15, 0.2) is 6.61 Å². The molecule has 190 valence electrons. The van der Waals surface area contributed by atoms with Crippen LogP contribution in [0.4, 0.5) is 0 Å². The van der Waals surface area contributed by atoms with Crippen LogP contribution in [0.3, 0.4) is 0 Å². The van der Waals surface area contributed by atoms with Crippen molar-refractivity contribution in [1.82, 2.24) is 10.2 Å². The molecule has 3 aromatic rings. The van der Waals surface area contributed by atoms with Gasteiger partial charge < -0.3 is 24.4 Å². The minimum Gasteiger partial charge on any atom is -0.497 e. The Balaban J connectivity index is 1.86. The number of rotatable bonds is 14. The lowest BCUT2D eigenvalue weighted by Gasteiger charge is -2.31. The van der Waals surface area contributed by atoms with E-state index in [9.17, 15) is 9.59 Å². The fraction of sp³-hybridized carbons (Fsp3) is 0.310. The van der Waals surface area contributed by atoms with Crippen LogP contribution in [0.25, 0.3) is 0 Å². The van der Waals surface area contributed by atoms with E-state index in [1.807, 2.05) is 72.8 Å². The summed E-state index contributed by atoms with van der Waals surface area (Å²) in [5, 5.41) is 2.98. The molecule has 7 heteroatoms. The van der Waals surface area contributed by atoms with Crippen molar-refractivity contribution in [2.45, 2.75) is 25.4 Å². The number of hydrogen-bond donors (Lipinski definition) is 1. The molecule has 1 atom stereocenters. The van der Waals surface area contributed by atoms with E-state index in [0.717, 1.165) is 16.9 Å². The summed E-state index contributed by atoms with van der Waals surface area (Å²) in [6.07, 6.45) is 1.06. The van der Waals surface area contributed by atoms with Gasteiger partial charge in [0.2, 0.25) is 5.91 Å². The lowest BCUT2D eigenvalue weighted by molar-refractivity contribution is -0.142. The molecule has 0 aliphatic heterocycles. The van der Waals surface area contributed by atoms with Crippen LogP contribution in [0.1, 0.15) is 17.5 Å². The summed E-state index contributed by atoms with van der Waals surface area (Å²) in [5.74, 6) is 0.832. The first kappa shape index (κ1) is 26.8. The van der Waals surface area contributed by atoms with E-state index in [0.29, 0.717) is 31.7 Å². The lowest BCUT2D eigenvalue weighted by atomic mass is 10.0. The van der Waals surface area contributed by atoms with Crippen molar-refractivity contribution in [2.24, 2.45) is 0 Å². The molecule has 0 bridgehead atoms. The Morgan fingerprint density at radius 2 is 1.50 bits per heavy atom. The van der Waals surface area contributed by atoms with Gasteiger partial charge in [-0.05, 0) is 41.8 Å². The molecule has 7 nitrogen and oxygen atoms in total. The number of para-hydroxylation sites is 1. The van der Waals surface area contributed by atoms with Gasteiger partial charge in [0, 0.05) is 33.2 Å². The summed E-state index contributed by atoms with van der Waals surface area (Å²) < 4.78 is 16.1. The molecule has 3 rings (SSSR count). The van der Waals surface area contributed by atoms with Crippen molar-refractivity contribution in [3.63, 3.8) is 0 Å². The van der Waals surface area contributed by atoms with Gasteiger partial charge in [-0.25, -0.2) is 0 Å². The van der Waals surface area contributed by atoms with Crippen LogP contribution < -0.4 is 14.8 Å². The Kier molecular flexibility index (Phi) is 10.8. The van der Waals surface area contributed by atoms with E-state index in [4.69, 9.17) is 14.2 Å². The van der Waals surface area contributed by atoms with Crippen LogP contribution in [-0.2, 0) is 27.3 Å². The van der Waals surface area contributed by atoms with Gasteiger partial charge in [0.05, 0.1) is 7.11 Å². The summed E-state index contributed by atoms with van der Waals surface area (Å²) in [7, 11) is 3.23. The number of benzene rings is 3. The van der Waals surface area contributed by atoms with Crippen LogP contribution >= 0.6 is 0 Å². The first-order valence-electron chi connectivity index (χ1n) is 12.0. The van der Waals surface area contributed by atoms with Crippen LogP contribution in [0.15, 0.2) is 84.9 Å². The van der Waals surface area contributed by atoms with Crippen molar-refractivity contribution < 1.29 is 23.8 Å². The third-order valence-electron chi connectivity index (χ3n) is 5.71. The fourth-order valence-corrected chi connectivity index (χ4v) is 3.77. The van der Waals surface area contributed by atoms with E-state index in [1.54, 1.807) is 31.3 Å². The maximum Gasteiger partial charge on any atom is 0.261 e. The Morgan fingerprint density at radius 1 is 0.833 bits per heavy atom. The third kappa shape index (κ3) is 8.43. The first-order valence-corrected chi connectivity index (χ1v) is 12.0. The molecule has 36 heavy (non-hydrogen) atoms. The maximum atomic E-state index is 13.5. The molecule has 2 amide bonds. The highest BCUT2D eigenvalue weighted by molar-refractivity contribution is 5.88. The number of amides is 2. The zero-order valence-electron chi connectivity index (χ0n) is 20.9. The number of hydrogen-bond acceptors (Lipinski definition) is 5. The van der Waals surface area contributed by atoms with Crippen molar-refractivity contribution in [2.75, 3.05) is 34.0 Å². The highest BCUT2D eigenvalue weighted by Gasteiger charge is 2.30. The molecule has 0 heterocycles. The second-order valence-corrected chi connectivity index (χ2v) is 8.31. The van der Waals surface area contributed by atoms with Crippen molar-refractivity contribution in [3.05, 3.63) is 96.1 Å². The summed E-state index contributed by atoms with van der Waals surface area (Å²) in [5.41, 5.74) is 1.85. The molecule has 0 spiro atoms. The third-order valence-corrected chi connectivity index (χ3v) is 5.71. The highest BCUT2D eigenvalue weighted by Crippen LogP contribution is 2.18. The quantitative estimate of drug-likeness (QED) is 0.347. The minimum atomic E-state index is -0.719. The van der Waals surface area contributed by atoms with E-state index in [1.165, 1.54) is 0 Å². The monoisotopic (exact) mass is 490 g/mol. The van der Waals surface area contributed by atoms with Crippen LogP contribution in [0.5, 0.6) is 11.5 Å². The van der Waals surface area contributed by atoms with Gasteiger partial charge in [0.1, 0.15) is 17.5 Å². The number of nitrogens with one attached hydrogen (secondary N) is 1. The van der Waals surface area contributed by atoms with Crippen LogP contribution in [0.2, 0.25) is 0 Å². The topological polar surface area (TPSA) is 77.1 Å². The Morgan fingerprint density at radius 3 is 2.14 bits per heavy atom. The van der Waals surface area contributed by atoms with Gasteiger partial charge >= 0.3 is 0 Å². The molecule has 0 aromatic heterocycles. The highest BCUT2D eigenvalue weighted by atomic mass is 16.5. The van der Waals surface area contributed by atoms with Gasteiger partial charge in [-0.15, -0.1) is 0 Å². The van der Waals surface area contributed by atoms with E-state index >= 15 is 0 Å². The van der Waals surface area contributed by atoms with Gasteiger partial charge in [-0.3, -0.25) is 9.59 Å². The first-order chi connectivity index (χ1) is 17.6. The molecule has 0 saturated carbocycles. The smallest absolute Gasteiger partial charge is 0.261 e. The zero-order chi connectivity index (χ0) is 25.6. The number of carbonyl (C=O) groups is 2. The number of ether oxygens (including phenoxy) is 3. The number of nitrogens with zero attached hydrogens (tertiary/aromatic N) is 1. The molecule has 1 N–H and O–H groups in total. The fourth-order valence-electron chi connectivity index (χ4n) is 3.77. The number of methoxy groups -OCH3 is 2. The van der Waals surface area contributed by atoms with Crippen molar-refractivity contribution in [3.8, 4) is 11.5 Å². The van der Waals surface area contributed by atoms with E-state index < -0.39 is 6.04 Å². The average Bonchev–Trinajstić information content (AvgIpc) is 2.93. The van der Waals surface area contributed by atoms with E-state index in [2.05, 4.69) is 5.32 Å². The Bertz CT molecular complexity index is 1060. The summed E-state index contributed by atoms with van der Waals surface area (Å²) in [6.45, 7) is 1.08. The van der Waals surface area contributed by atoms with Gasteiger partial charge in [0.25, 0.3) is 5.91 Å². The zero-order valence-corrected chi connectivity index (χ0v) is 20.9. The molecular weight excluding hydrogens is 456 g/mol. The normalized spacial score (nSPS) is 11.4. The Hall–Kier alpha value is -3.84. The summed E-state index contributed by atoms with van der Waals surface area (Å²) in [4.78, 5) is 28.5. The van der Waals surface area contributed by atoms with Crippen LogP contribution in [-0.4, -0.2) is 56.7 Å². The van der Waals surface area contributed by atoms with Crippen molar-refractivity contribution >= 4 is 11.8 Å². The SMILES string of the molecule is COCCCNC(=O)C(Cc1ccccc1)N(Cc1ccc(OC)cc1)C(=O)COc1ccccc1. The second kappa shape index (κ2) is 14.5. The molecule has 0 aliphatic carbocycles. The molecule has 3 aromatic carbocycles. The molecule has 0 radical (unpaired) electrons. The average molecular weight is 491 g/mol. The molecule has 0 aliphatic rings. The molecular formula is C29H34N2O5. The minimum absolute atomic E-state index is 0.178. The maximum absolute atomic E-state index is 13.5. The predicted molar refractivity (Wildman–Crippen MR) is 139 cm³/mol. The second-order valence-electron chi connectivity index (χ2n) is 8.31. The Labute approximate surface area is 213 Å². The van der Waals surface area contributed by atoms with Crippen LogP contribution in [0, 0.1) is 0 Å². The lowest BCUT2D eigenvalue weighted by Crippen LogP contribution is -2.51. The molecule has 1 unspecified atom stereocenters. The predicted octanol–water partition coefficient (Wildman–Crippen LogP) is 3.87. The molecule has 0 saturated heterocycles. The van der Waals surface area contributed by atoms with Gasteiger partial charge in [-0.2, -0.15) is 0 Å². The largest absolute Gasteiger partial charge is 0.497 e. The number of carbonyl (C=O) groups excluding carboxylic acids is 2. The van der Waals surface area contributed by atoms with Gasteiger partial charge in [-0.1, -0.05) is 60.7 Å². The standard InChI is InChI=1S/C29H34N2O5/c1-34-19-9-18-30-29(33)27(20-23-10-5-3-6-11-23)31(21-24-14-16-25(35-2)17-15-24)28(32)22-36-26-12-7-4-8-13-26/h3-8,10-17,27H,9,18-22H2,1-2H3,(H,30,33). The summed E-state index contributed by atoms with van der Waals surface area (Å²) in [6, 6.07) is 25.6.